The molecule has 0 radical (unpaired) electrons. The van der Waals surface area contributed by atoms with Crippen LogP contribution in [0.5, 0.6) is 5.75 Å². The minimum atomic E-state index is -2.89. The van der Waals surface area contributed by atoms with Crippen molar-refractivity contribution in [2.45, 2.75) is 69.5 Å². The van der Waals surface area contributed by atoms with Crippen molar-refractivity contribution in [2.75, 3.05) is 6.54 Å². The van der Waals surface area contributed by atoms with Crippen LogP contribution in [0.1, 0.15) is 80.4 Å². The SMILES string of the molecule is CCCCN1C(C(=O)O)c2cccc3c(C(C#N)(Cc4ccc(O[Si](c5ccccc5)(c5ccccc5)C(C)(C)C)cc4)c4ccccc4)ccc(c23)C1C(=O)O. The molecule has 0 bridgehead atoms. The summed E-state index contributed by atoms with van der Waals surface area (Å²) < 4.78 is 7.29. The first-order valence-corrected chi connectivity index (χ1v) is 21.5. The first-order valence-electron chi connectivity index (χ1n) is 19.6. The molecule has 0 fully saturated rings. The molecule has 3 atom stereocenters. The normalized spacial score (nSPS) is 16.7. The number of unbranched alkanes of at least 4 members (excludes halogenated alkanes) is 1. The van der Waals surface area contributed by atoms with E-state index in [9.17, 15) is 25.1 Å². The number of carboxylic acid groups (broad SMARTS) is 2. The molecule has 7 nitrogen and oxygen atoms in total. The average Bonchev–Trinajstić information content (AvgIpc) is 3.22. The van der Waals surface area contributed by atoms with Crippen LogP contribution in [0.15, 0.2) is 146 Å². The Balaban J connectivity index is 1.35. The quantitative estimate of drug-likeness (QED) is 0.113. The summed E-state index contributed by atoms with van der Waals surface area (Å²) in [6, 6.07) is 48.3. The van der Waals surface area contributed by atoms with Crippen LogP contribution in [0, 0.1) is 11.3 Å². The Kier molecular flexibility index (Phi) is 10.9. The lowest BCUT2D eigenvalue weighted by molar-refractivity contribution is -0.151. The summed E-state index contributed by atoms with van der Waals surface area (Å²) in [7, 11) is -2.89. The summed E-state index contributed by atoms with van der Waals surface area (Å²) in [6.07, 6.45) is 1.75. The van der Waals surface area contributed by atoms with Gasteiger partial charge in [0.1, 0.15) is 23.2 Å². The lowest BCUT2D eigenvalue weighted by atomic mass is 9.69. The van der Waals surface area contributed by atoms with Crippen LogP contribution >= 0.6 is 0 Å². The standard InChI is InChI=1S/C49H48N2O5Si/c1-5-6-31-51-44(46(52)53)40-24-16-23-39-42(30-29-41(43(39)40)45(51)47(54)55)49(33-50,35-17-10-7-11-18-35)32-34-25-27-36(28-26-34)56-57(48(2,3)4,37-19-12-8-13-20-37)38-21-14-9-15-22-38/h7-30,44-45H,5-6,31-32H2,1-4H3,(H,52,53)(H,54,55). The van der Waals surface area contributed by atoms with E-state index in [2.05, 4.69) is 75.4 Å². The highest BCUT2D eigenvalue weighted by Gasteiger charge is 2.52. The van der Waals surface area contributed by atoms with Gasteiger partial charge in [0.2, 0.25) is 0 Å². The van der Waals surface area contributed by atoms with Crippen molar-refractivity contribution in [3.05, 3.63) is 173 Å². The van der Waals surface area contributed by atoms with Crippen LogP contribution < -0.4 is 14.8 Å². The van der Waals surface area contributed by atoms with E-state index in [-0.39, 0.29) is 5.04 Å². The molecule has 2 N–H and O–H groups in total. The smallest absolute Gasteiger partial charge is 0.325 e. The lowest BCUT2D eigenvalue weighted by Crippen LogP contribution is -2.68. The van der Waals surface area contributed by atoms with E-state index in [0.717, 1.165) is 23.3 Å². The summed E-state index contributed by atoms with van der Waals surface area (Å²) in [4.78, 5) is 27.6. The molecule has 1 heterocycles. The van der Waals surface area contributed by atoms with Gasteiger partial charge in [0.25, 0.3) is 0 Å². The number of nitriles is 1. The maximum atomic E-state index is 13.0. The molecule has 57 heavy (non-hydrogen) atoms. The van der Waals surface area contributed by atoms with Crippen molar-refractivity contribution in [1.29, 1.82) is 5.26 Å². The molecule has 0 aliphatic carbocycles. The molecule has 6 aromatic carbocycles. The van der Waals surface area contributed by atoms with E-state index in [1.807, 2.05) is 91.9 Å². The van der Waals surface area contributed by atoms with E-state index in [4.69, 9.17) is 4.43 Å². The van der Waals surface area contributed by atoms with Gasteiger partial charge >= 0.3 is 20.3 Å². The van der Waals surface area contributed by atoms with Gasteiger partial charge in [0.05, 0.1) is 6.07 Å². The fourth-order valence-corrected chi connectivity index (χ4v) is 13.4. The van der Waals surface area contributed by atoms with E-state index in [1.165, 1.54) is 10.4 Å². The second-order valence-electron chi connectivity index (χ2n) is 16.0. The predicted molar refractivity (Wildman–Crippen MR) is 228 cm³/mol. The number of hydrogen-bond acceptors (Lipinski definition) is 5. The molecular weight excluding hydrogens is 725 g/mol. The minimum absolute atomic E-state index is 0.224. The van der Waals surface area contributed by atoms with Gasteiger partial charge in [-0.05, 0) is 79.0 Å². The predicted octanol–water partition coefficient (Wildman–Crippen LogP) is 9.20. The van der Waals surface area contributed by atoms with Crippen LogP contribution in [0.4, 0.5) is 0 Å². The molecule has 0 spiro atoms. The number of carboxylic acids is 2. The van der Waals surface area contributed by atoms with Crippen molar-refractivity contribution < 1.29 is 24.2 Å². The summed E-state index contributed by atoms with van der Waals surface area (Å²) in [5.74, 6) is -1.46. The number of nitrogens with zero attached hydrogens (tertiary/aromatic N) is 2. The third kappa shape index (κ3) is 6.92. The monoisotopic (exact) mass is 772 g/mol. The summed E-state index contributed by atoms with van der Waals surface area (Å²) >= 11 is 0. The van der Waals surface area contributed by atoms with Crippen molar-refractivity contribution >= 4 is 41.4 Å². The second kappa shape index (κ2) is 15.9. The molecular formula is C49H48N2O5Si. The Labute approximate surface area is 335 Å². The first kappa shape index (κ1) is 39.2. The second-order valence-corrected chi connectivity index (χ2v) is 20.2. The third-order valence-electron chi connectivity index (χ3n) is 11.6. The van der Waals surface area contributed by atoms with Gasteiger partial charge in [-0.15, -0.1) is 0 Å². The third-order valence-corrected chi connectivity index (χ3v) is 16.5. The van der Waals surface area contributed by atoms with E-state index in [0.29, 0.717) is 46.8 Å². The highest BCUT2D eigenvalue weighted by Crippen LogP contribution is 2.48. The highest BCUT2D eigenvalue weighted by molar-refractivity contribution is 7.00. The van der Waals surface area contributed by atoms with Crippen LogP contribution in [0.25, 0.3) is 10.8 Å². The van der Waals surface area contributed by atoms with E-state index in [1.54, 1.807) is 17.0 Å². The molecule has 7 rings (SSSR count). The Hall–Kier alpha value is -6.01. The zero-order chi connectivity index (χ0) is 40.4. The summed E-state index contributed by atoms with van der Waals surface area (Å²) in [5.41, 5.74) is 2.25. The number of benzene rings is 6. The maximum Gasteiger partial charge on any atom is 0.325 e. The topological polar surface area (TPSA) is 111 Å². The Morgan fingerprint density at radius 2 is 1.26 bits per heavy atom. The minimum Gasteiger partial charge on any atom is -0.534 e. The Bertz CT molecular complexity index is 2360. The molecule has 1 aliphatic rings. The van der Waals surface area contributed by atoms with E-state index >= 15 is 0 Å². The fourth-order valence-electron chi connectivity index (χ4n) is 8.99. The number of hydrogen-bond donors (Lipinski definition) is 2. The van der Waals surface area contributed by atoms with Gasteiger partial charge in [0, 0.05) is 6.54 Å². The number of carbonyl (C=O) groups is 2. The van der Waals surface area contributed by atoms with Crippen molar-refractivity contribution in [1.82, 2.24) is 4.90 Å². The number of rotatable bonds is 13. The zero-order valence-electron chi connectivity index (χ0n) is 32.9. The Morgan fingerprint density at radius 3 is 1.77 bits per heavy atom. The largest absolute Gasteiger partial charge is 0.534 e. The molecule has 288 valence electrons. The molecule has 0 amide bonds. The lowest BCUT2D eigenvalue weighted by Gasteiger charge is -2.43. The van der Waals surface area contributed by atoms with Gasteiger partial charge in [-0.3, -0.25) is 14.5 Å². The zero-order valence-corrected chi connectivity index (χ0v) is 33.9. The van der Waals surface area contributed by atoms with Gasteiger partial charge in [-0.1, -0.05) is 168 Å². The molecule has 1 aliphatic heterocycles. The molecule has 3 unspecified atom stereocenters. The molecule has 6 aromatic rings. The van der Waals surface area contributed by atoms with E-state index < -0.39 is 37.8 Å². The average molecular weight is 773 g/mol. The van der Waals surface area contributed by atoms with Crippen LogP contribution in [-0.4, -0.2) is 41.9 Å². The van der Waals surface area contributed by atoms with Gasteiger partial charge in [-0.25, -0.2) is 0 Å². The number of aliphatic carboxylic acids is 2. The summed E-state index contributed by atoms with van der Waals surface area (Å²) in [6.45, 7) is 9.06. The van der Waals surface area contributed by atoms with Crippen molar-refractivity contribution in [3.8, 4) is 11.8 Å². The van der Waals surface area contributed by atoms with Gasteiger partial charge in [0.15, 0.2) is 0 Å². The summed E-state index contributed by atoms with van der Waals surface area (Å²) in [5, 5.41) is 36.0. The maximum absolute atomic E-state index is 13.0. The molecule has 0 saturated carbocycles. The van der Waals surface area contributed by atoms with Gasteiger partial charge < -0.3 is 14.6 Å². The fraction of sp³-hybridized carbons (Fsp3) is 0.245. The molecule has 8 heteroatoms. The first-order chi connectivity index (χ1) is 27.5. The van der Waals surface area contributed by atoms with Crippen LogP contribution in [-0.2, 0) is 21.4 Å². The highest BCUT2D eigenvalue weighted by atomic mass is 28.4. The van der Waals surface area contributed by atoms with Crippen molar-refractivity contribution in [3.63, 3.8) is 0 Å². The van der Waals surface area contributed by atoms with Crippen LogP contribution in [0.3, 0.4) is 0 Å². The Morgan fingerprint density at radius 1 is 0.719 bits per heavy atom. The molecule has 0 saturated heterocycles. The van der Waals surface area contributed by atoms with Crippen molar-refractivity contribution in [2.24, 2.45) is 0 Å². The van der Waals surface area contributed by atoms with Crippen LogP contribution in [0.2, 0.25) is 5.04 Å². The van der Waals surface area contributed by atoms with Gasteiger partial charge in [-0.2, -0.15) is 5.26 Å². The molecule has 0 aromatic heterocycles.